The third kappa shape index (κ3) is 3.38. The molecule has 25 heavy (non-hydrogen) atoms. The number of ether oxygens (including phenoxy) is 1. The molecule has 3 rings (SSSR count). The van der Waals surface area contributed by atoms with Gasteiger partial charge in [-0.15, -0.1) is 0 Å². The van der Waals surface area contributed by atoms with E-state index in [-0.39, 0.29) is 0 Å². The summed E-state index contributed by atoms with van der Waals surface area (Å²) in [5.41, 5.74) is 1.18. The second-order valence-electron chi connectivity index (χ2n) is 5.88. The lowest BCUT2D eigenvalue weighted by Gasteiger charge is -2.27. The van der Waals surface area contributed by atoms with E-state index < -0.39 is 17.8 Å². The van der Waals surface area contributed by atoms with Crippen LogP contribution in [-0.4, -0.2) is 32.8 Å². The molecule has 1 aliphatic heterocycles. The fraction of sp³-hybridized carbons (Fsp3) is 0.412. The van der Waals surface area contributed by atoms with Gasteiger partial charge in [-0.05, 0) is 29.8 Å². The molecule has 7 nitrogen and oxygen atoms in total. The van der Waals surface area contributed by atoms with Crippen LogP contribution in [0.4, 0.5) is 10.3 Å². The average molecular weight is 345 g/mol. The van der Waals surface area contributed by atoms with E-state index in [0.29, 0.717) is 29.4 Å². The van der Waals surface area contributed by atoms with Crippen molar-refractivity contribution in [1.29, 1.82) is 0 Å². The van der Waals surface area contributed by atoms with Crippen LogP contribution in [0, 0.1) is 5.82 Å². The Bertz CT molecular complexity index is 802. The van der Waals surface area contributed by atoms with E-state index in [2.05, 4.69) is 27.8 Å². The minimum Gasteiger partial charge on any atom is -0.462 e. The molecule has 0 spiro atoms. The smallest absolute Gasteiger partial charge is 0.338 e. The maximum atomic E-state index is 14.4. The third-order valence-corrected chi connectivity index (χ3v) is 4.11. The van der Waals surface area contributed by atoms with Crippen molar-refractivity contribution in [3.05, 3.63) is 46.9 Å². The number of tetrazole rings is 1. The predicted octanol–water partition coefficient (Wildman–Crippen LogP) is 2.83. The summed E-state index contributed by atoms with van der Waals surface area (Å²) in [6, 6.07) is 5.50. The molecule has 2 heterocycles. The molecule has 1 aromatic carbocycles. The number of hydrogen-bond acceptors (Lipinski definition) is 6. The number of nitrogens with zero attached hydrogens (tertiary/aromatic N) is 4. The number of carbonyl (C=O) groups is 1. The molecule has 0 amide bonds. The molecular weight excluding hydrogens is 325 g/mol. The maximum absolute atomic E-state index is 14.4. The lowest BCUT2D eigenvalue weighted by molar-refractivity contribution is -0.139. The van der Waals surface area contributed by atoms with Gasteiger partial charge in [-0.2, -0.15) is 4.68 Å². The van der Waals surface area contributed by atoms with Crippen LogP contribution < -0.4 is 5.32 Å². The Labute approximate surface area is 144 Å². The van der Waals surface area contributed by atoms with Crippen LogP contribution in [0.1, 0.15) is 44.7 Å². The molecule has 0 saturated carbocycles. The van der Waals surface area contributed by atoms with Gasteiger partial charge >= 0.3 is 5.97 Å². The molecule has 132 valence electrons. The van der Waals surface area contributed by atoms with Crippen LogP contribution in [0.2, 0.25) is 0 Å². The number of carbonyl (C=O) groups excluding carboxylic acids is 1. The highest BCUT2D eigenvalue weighted by molar-refractivity contribution is 5.92. The van der Waals surface area contributed by atoms with E-state index in [1.807, 2.05) is 0 Å². The largest absolute Gasteiger partial charge is 0.462 e. The summed E-state index contributed by atoms with van der Waals surface area (Å²) in [7, 11) is 0. The number of benzene rings is 1. The SMILES string of the molecule is CCCCCOC(=O)C1=C(C)Nc2nnnn2[C@H]1c1ccccc1F. The Morgan fingerprint density at radius 1 is 1.36 bits per heavy atom. The summed E-state index contributed by atoms with van der Waals surface area (Å²) in [4.78, 5) is 12.7. The number of halogens is 1. The average Bonchev–Trinajstić information content (AvgIpc) is 3.06. The van der Waals surface area contributed by atoms with Crippen LogP contribution in [0.25, 0.3) is 0 Å². The van der Waals surface area contributed by atoms with Crippen LogP contribution in [-0.2, 0) is 9.53 Å². The van der Waals surface area contributed by atoms with Crippen molar-refractivity contribution in [2.45, 2.75) is 39.2 Å². The molecule has 0 saturated heterocycles. The molecule has 0 unspecified atom stereocenters. The molecule has 1 N–H and O–H groups in total. The van der Waals surface area contributed by atoms with Gasteiger partial charge in [0.2, 0.25) is 5.95 Å². The summed E-state index contributed by atoms with van der Waals surface area (Å²) in [6.07, 6.45) is 2.81. The number of esters is 1. The van der Waals surface area contributed by atoms with Crippen molar-refractivity contribution >= 4 is 11.9 Å². The number of anilines is 1. The van der Waals surface area contributed by atoms with Crippen LogP contribution in [0.15, 0.2) is 35.5 Å². The first kappa shape index (κ1) is 17.1. The summed E-state index contributed by atoms with van der Waals surface area (Å²) in [5, 5.41) is 14.4. The fourth-order valence-electron chi connectivity index (χ4n) is 2.86. The van der Waals surface area contributed by atoms with Crippen LogP contribution in [0.5, 0.6) is 0 Å². The molecule has 0 bridgehead atoms. The molecule has 8 heteroatoms. The van der Waals surface area contributed by atoms with Crippen LogP contribution in [0.3, 0.4) is 0 Å². The lowest BCUT2D eigenvalue weighted by Crippen LogP contribution is -2.30. The van der Waals surface area contributed by atoms with Gasteiger partial charge in [-0.25, -0.2) is 9.18 Å². The first-order valence-corrected chi connectivity index (χ1v) is 8.30. The molecule has 0 radical (unpaired) electrons. The van der Waals surface area contributed by atoms with Crippen molar-refractivity contribution < 1.29 is 13.9 Å². The maximum Gasteiger partial charge on any atom is 0.338 e. The molecule has 1 atom stereocenters. The van der Waals surface area contributed by atoms with Crippen molar-refractivity contribution in [2.75, 3.05) is 11.9 Å². The van der Waals surface area contributed by atoms with Gasteiger partial charge in [0.25, 0.3) is 0 Å². The third-order valence-electron chi connectivity index (χ3n) is 4.11. The van der Waals surface area contributed by atoms with Gasteiger partial charge in [0, 0.05) is 11.3 Å². The first-order valence-electron chi connectivity index (χ1n) is 8.30. The quantitative estimate of drug-likeness (QED) is 0.640. The van der Waals surface area contributed by atoms with Crippen molar-refractivity contribution in [1.82, 2.24) is 20.2 Å². The fourth-order valence-corrected chi connectivity index (χ4v) is 2.86. The van der Waals surface area contributed by atoms with Crippen LogP contribution >= 0.6 is 0 Å². The Morgan fingerprint density at radius 3 is 2.92 bits per heavy atom. The van der Waals surface area contributed by atoms with E-state index >= 15 is 0 Å². The molecule has 0 aliphatic carbocycles. The van der Waals surface area contributed by atoms with Crippen molar-refractivity contribution in [3.63, 3.8) is 0 Å². The highest BCUT2D eigenvalue weighted by Crippen LogP contribution is 2.35. The number of allylic oxidation sites excluding steroid dienone is 1. The number of aromatic nitrogens is 4. The molecule has 1 aromatic heterocycles. The Balaban J connectivity index is 1.96. The van der Waals surface area contributed by atoms with E-state index in [1.165, 1.54) is 10.7 Å². The Morgan fingerprint density at radius 2 is 2.16 bits per heavy atom. The minimum atomic E-state index is -0.772. The standard InChI is InChI=1S/C17H20FN5O2/c1-3-4-7-10-25-16(24)14-11(2)19-17-20-21-22-23(17)15(14)12-8-5-6-9-13(12)18/h5-6,8-9,15H,3-4,7,10H2,1-2H3,(H,19,20,22)/t15-/m0/s1. The number of hydrogen-bond donors (Lipinski definition) is 1. The molecule has 1 aliphatic rings. The molecular formula is C17H20FN5O2. The summed E-state index contributed by atoms with van der Waals surface area (Å²) < 4.78 is 21.2. The highest BCUT2D eigenvalue weighted by atomic mass is 19.1. The van der Waals surface area contributed by atoms with Gasteiger partial charge in [0.15, 0.2) is 0 Å². The topological polar surface area (TPSA) is 81.9 Å². The number of rotatable bonds is 6. The Kier molecular flexibility index (Phi) is 5.06. The zero-order chi connectivity index (χ0) is 17.8. The number of nitrogens with one attached hydrogen (secondary N) is 1. The van der Waals surface area contributed by atoms with E-state index in [0.717, 1.165) is 19.3 Å². The second-order valence-corrected chi connectivity index (χ2v) is 5.88. The molecule has 2 aromatic rings. The first-order chi connectivity index (χ1) is 12.1. The van der Waals surface area contributed by atoms with Gasteiger partial charge in [0.1, 0.15) is 11.9 Å². The second kappa shape index (κ2) is 7.42. The van der Waals surface area contributed by atoms with Gasteiger partial charge < -0.3 is 10.1 Å². The Hall–Kier alpha value is -2.77. The highest BCUT2D eigenvalue weighted by Gasteiger charge is 2.36. The summed E-state index contributed by atoms with van der Waals surface area (Å²) in [6.45, 7) is 4.14. The number of fused-ring (bicyclic) bond motifs is 1. The van der Waals surface area contributed by atoms with E-state index in [4.69, 9.17) is 4.74 Å². The van der Waals surface area contributed by atoms with Gasteiger partial charge in [-0.3, -0.25) is 0 Å². The lowest BCUT2D eigenvalue weighted by atomic mass is 9.95. The molecule has 0 fully saturated rings. The van der Waals surface area contributed by atoms with E-state index in [1.54, 1.807) is 25.1 Å². The normalized spacial score (nSPS) is 16.4. The zero-order valence-corrected chi connectivity index (χ0v) is 14.2. The van der Waals surface area contributed by atoms with Crippen molar-refractivity contribution in [2.24, 2.45) is 0 Å². The van der Waals surface area contributed by atoms with Gasteiger partial charge in [0.05, 0.1) is 12.2 Å². The zero-order valence-electron chi connectivity index (χ0n) is 14.2. The monoisotopic (exact) mass is 345 g/mol. The van der Waals surface area contributed by atoms with E-state index in [9.17, 15) is 9.18 Å². The minimum absolute atomic E-state index is 0.307. The van der Waals surface area contributed by atoms with Crippen molar-refractivity contribution in [3.8, 4) is 0 Å². The van der Waals surface area contributed by atoms with Gasteiger partial charge in [-0.1, -0.05) is 43.1 Å². The summed E-state index contributed by atoms with van der Waals surface area (Å²) >= 11 is 0. The predicted molar refractivity (Wildman–Crippen MR) is 89.2 cm³/mol. The summed E-state index contributed by atoms with van der Waals surface area (Å²) in [5.74, 6) is -0.566. The number of unbranched alkanes of at least 4 members (excludes halogenated alkanes) is 2.